The third kappa shape index (κ3) is 7.51. The van der Waals surface area contributed by atoms with Gasteiger partial charge in [0.2, 0.25) is 5.91 Å². The summed E-state index contributed by atoms with van der Waals surface area (Å²) in [7, 11) is 0. The number of amides is 1. The lowest BCUT2D eigenvalue weighted by Gasteiger charge is -2.19. The average Bonchev–Trinajstić information content (AvgIpc) is 3.33. The largest absolute Gasteiger partial charge is 0.505 e. The van der Waals surface area contributed by atoms with E-state index in [9.17, 15) is 20.1 Å². The summed E-state index contributed by atoms with van der Waals surface area (Å²) in [6.07, 6.45) is 10.5. The van der Waals surface area contributed by atoms with Gasteiger partial charge >= 0.3 is 0 Å². The predicted octanol–water partition coefficient (Wildman–Crippen LogP) is 6.11. The number of rotatable bonds is 9. The van der Waals surface area contributed by atoms with Crippen LogP contribution in [0.5, 0.6) is 5.75 Å². The number of benzene rings is 1. The number of hydrogen-bond donors (Lipinski definition) is 4. The topological polar surface area (TPSA) is 89.8 Å². The number of fused-ring (bicyclic) bond motifs is 1. The molecule has 0 spiro atoms. The maximum absolute atomic E-state index is 12.2. The third-order valence-corrected chi connectivity index (χ3v) is 7.74. The van der Waals surface area contributed by atoms with E-state index in [2.05, 4.69) is 23.2 Å². The molecular formula is C28H35Cl2NO4. The number of carbonyl (C=O) groups excluding carboxylic acids is 1. The molecule has 5 nitrogen and oxygen atoms in total. The van der Waals surface area contributed by atoms with E-state index >= 15 is 0 Å². The molecule has 190 valence electrons. The van der Waals surface area contributed by atoms with Crippen LogP contribution in [0.2, 0.25) is 10.0 Å². The van der Waals surface area contributed by atoms with Gasteiger partial charge in [0.15, 0.2) is 5.75 Å². The van der Waals surface area contributed by atoms with Crippen molar-refractivity contribution in [2.45, 2.75) is 71.0 Å². The van der Waals surface area contributed by atoms with Gasteiger partial charge < -0.3 is 20.6 Å². The molecular weight excluding hydrogens is 485 g/mol. The fraction of sp³-hybridized carbons (Fsp3) is 0.536. The Morgan fingerprint density at radius 3 is 2.69 bits per heavy atom. The zero-order chi connectivity index (χ0) is 25.5. The molecule has 0 radical (unpaired) electrons. The molecule has 6 unspecified atom stereocenters. The molecule has 2 saturated carbocycles. The van der Waals surface area contributed by atoms with Crippen molar-refractivity contribution in [3.05, 3.63) is 46.0 Å². The Bertz CT molecular complexity index is 1000. The van der Waals surface area contributed by atoms with E-state index in [1.807, 2.05) is 19.1 Å². The van der Waals surface area contributed by atoms with Crippen molar-refractivity contribution in [1.82, 2.24) is 0 Å². The predicted molar refractivity (Wildman–Crippen MR) is 141 cm³/mol. The molecule has 6 atom stereocenters. The Morgan fingerprint density at radius 2 is 2.00 bits per heavy atom. The Kier molecular flexibility index (Phi) is 10.1. The van der Waals surface area contributed by atoms with E-state index in [1.165, 1.54) is 17.7 Å². The molecule has 0 aromatic heterocycles. The van der Waals surface area contributed by atoms with Gasteiger partial charge in [0.05, 0.1) is 22.3 Å². The first-order valence-corrected chi connectivity index (χ1v) is 13.0. The zero-order valence-electron chi connectivity index (χ0n) is 20.3. The second-order valence-corrected chi connectivity index (χ2v) is 10.6. The molecule has 0 aliphatic heterocycles. The van der Waals surface area contributed by atoms with Crippen molar-refractivity contribution in [3.63, 3.8) is 0 Å². The van der Waals surface area contributed by atoms with Gasteiger partial charge in [-0.15, -0.1) is 11.8 Å². The number of carbonyl (C=O) groups is 1. The van der Waals surface area contributed by atoms with E-state index in [1.54, 1.807) is 6.92 Å². The molecule has 7 heteroatoms. The van der Waals surface area contributed by atoms with Crippen molar-refractivity contribution in [2.24, 2.45) is 23.7 Å². The van der Waals surface area contributed by atoms with E-state index in [0.717, 1.165) is 32.1 Å². The molecule has 0 heterocycles. The van der Waals surface area contributed by atoms with Gasteiger partial charge in [-0.25, -0.2) is 0 Å². The van der Waals surface area contributed by atoms with Crippen molar-refractivity contribution < 1.29 is 20.1 Å². The Hall–Kier alpha value is -1.97. The first kappa shape index (κ1) is 27.6. The van der Waals surface area contributed by atoms with Crippen LogP contribution in [0.4, 0.5) is 5.69 Å². The van der Waals surface area contributed by atoms with Crippen molar-refractivity contribution in [2.75, 3.05) is 5.32 Å². The quantitative estimate of drug-likeness (QED) is 0.137. The summed E-state index contributed by atoms with van der Waals surface area (Å²) < 4.78 is 0. The van der Waals surface area contributed by atoms with Crippen LogP contribution in [0.15, 0.2) is 35.9 Å². The zero-order valence-corrected chi connectivity index (χ0v) is 21.8. The fourth-order valence-electron chi connectivity index (χ4n) is 5.19. The fourth-order valence-corrected chi connectivity index (χ4v) is 5.67. The summed E-state index contributed by atoms with van der Waals surface area (Å²) >= 11 is 11.8. The Labute approximate surface area is 218 Å². The summed E-state index contributed by atoms with van der Waals surface area (Å²) in [5.74, 6) is 6.55. The Balaban J connectivity index is 1.46. The summed E-state index contributed by atoms with van der Waals surface area (Å²) in [5, 5.41) is 33.5. The summed E-state index contributed by atoms with van der Waals surface area (Å²) in [5.41, 5.74) is 1.86. The lowest BCUT2D eigenvalue weighted by Crippen LogP contribution is -2.19. The highest BCUT2D eigenvalue weighted by atomic mass is 35.5. The van der Waals surface area contributed by atoms with E-state index in [0.29, 0.717) is 30.4 Å². The molecule has 0 bridgehead atoms. The highest BCUT2D eigenvalue weighted by molar-refractivity contribution is 6.37. The molecule has 0 saturated heterocycles. The van der Waals surface area contributed by atoms with Crippen LogP contribution in [0.25, 0.3) is 0 Å². The number of allylic oxidation sites excluding steroid dienone is 2. The Morgan fingerprint density at radius 1 is 1.29 bits per heavy atom. The van der Waals surface area contributed by atoms with Crippen LogP contribution in [-0.4, -0.2) is 33.4 Å². The monoisotopic (exact) mass is 519 g/mol. The van der Waals surface area contributed by atoms with Crippen LogP contribution in [0.3, 0.4) is 0 Å². The molecule has 2 fully saturated rings. The van der Waals surface area contributed by atoms with Crippen LogP contribution >= 0.6 is 23.2 Å². The molecule has 2 aliphatic rings. The van der Waals surface area contributed by atoms with Crippen LogP contribution in [0.1, 0.15) is 58.8 Å². The summed E-state index contributed by atoms with van der Waals surface area (Å²) in [4.78, 5) is 12.2. The van der Waals surface area contributed by atoms with Gasteiger partial charge in [-0.3, -0.25) is 4.79 Å². The first-order chi connectivity index (χ1) is 16.7. The minimum Gasteiger partial charge on any atom is -0.505 e. The van der Waals surface area contributed by atoms with Gasteiger partial charge in [-0.1, -0.05) is 53.9 Å². The maximum Gasteiger partial charge on any atom is 0.224 e. The molecule has 1 aromatic carbocycles. The minimum absolute atomic E-state index is 0.0623. The van der Waals surface area contributed by atoms with Crippen molar-refractivity contribution >= 4 is 34.8 Å². The number of anilines is 1. The number of phenolic OH excluding ortho intramolecular Hbond substituents is 1. The highest BCUT2D eigenvalue weighted by Gasteiger charge is 2.45. The second kappa shape index (κ2) is 12.8. The number of aliphatic hydroxyl groups is 2. The van der Waals surface area contributed by atoms with E-state index in [4.69, 9.17) is 23.2 Å². The summed E-state index contributed by atoms with van der Waals surface area (Å²) in [6, 6.07) is 2.94. The molecule has 35 heavy (non-hydrogen) atoms. The third-order valence-electron chi connectivity index (χ3n) is 7.17. The molecule has 4 N–H and O–H groups in total. The number of aliphatic hydroxyl groups excluding tert-OH is 2. The van der Waals surface area contributed by atoms with Gasteiger partial charge in [0, 0.05) is 24.4 Å². The van der Waals surface area contributed by atoms with Gasteiger partial charge in [-0.2, -0.15) is 0 Å². The van der Waals surface area contributed by atoms with Crippen LogP contribution in [-0.2, 0) is 4.79 Å². The lowest BCUT2D eigenvalue weighted by atomic mass is 9.89. The standard InChI is InChI=1S/C28H35Cl2NO4/c1-3-4-7-17(2)25(32)11-10-21-22-13-18(12-19(22)14-26(21)33)8-5-6-9-27(34)31-20-15-23(29)28(35)24(30)16-20/h8,10-11,15-17,19,21-22,25-26,32-33,35H,5-7,9,12-14H2,1-2H3,(H,31,34)/b11-10+,18-8-. The number of aromatic hydroxyl groups is 1. The number of hydrogen-bond acceptors (Lipinski definition) is 4. The van der Waals surface area contributed by atoms with E-state index < -0.39 is 6.10 Å². The maximum atomic E-state index is 12.2. The lowest BCUT2D eigenvalue weighted by molar-refractivity contribution is -0.116. The van der Waals surface area contributed by atoms with Crippen LogP contribution < -0.4 is 5.32 Å². The van der Waals surface area contributed by atoms with Gasteiger partial charge in [-0.05, 0) is 68.9 Å². The smallest absolute Gasteiger partial charge is 0.224 e. The van der Waals surface area contributed by atoms with Crippen LogP contribution in [0, 0.1) is 35.5 Å². The first-order valence-electron chi connectivity index (χ1n) is 12.3. The van der Waals surface area contributed by atoms with Crippen molar-refractivity contribution in [1.29, 1.82) is 0 Å². The van der Waals surface area contributed by atoms with Crippen molar-refractivity contribution in [3.8, 4) is 17.6 Å². The molecule has 3 rings (SSSR count). The van der Waals surface area contributed by atoms with Gasteiger partial charge in [0.1, 0.15) is 0 Å². The summed E-state index contributed by atoms with van der Waals surface area (Å²) in [6.45, 7) is 3.79. The highest BCUT2D eigenvalue weighted by Crippen LogP contribution is 2.50. The number of halogens is 2. The SMILES string of the molecule is CC#CCC(C)C(O)/C=C/C1C(O)CC2C/C(=C/CCCC(=O)Nc3cc(Cl)c(O)c(Cl)c3)CC21. The second-order valence-electron chi connectivity index (χ2n) is 9.79. The number of nitrogens with one attached hydrogen (secondary N) is 1. The average molecular weight is 520 g/mol. The number of unbranched alkanes of at least 4 members (excludes halogenated alkanes) is 1. The normalized spacial score (nSPS) is 26.4. The van der Waals surface area contributed by atoms with E-state index in [-0.39, 0.29) is 39.6 Å². The number of phenols is 1. The molecule has 2 aliphatic carbocycles. The minimum atomic E-state index is -0.557. The molecule has 1 aromatic rings. The van der Waals surface area contributed by atoms with Gasteiger partial charge in [0.25, 0.3) is 0 Å². The molecule has 1 amide bonds.